The van der Waals surface area contributed by atoms with Crippen molar-refractivity contribution in [1.82, 2.24) is 4.31 Å². The maximum atomic E-state index is 11.5. The van der Waals surface area contributed by atoms with Crippen LogP contribution in [-0.2, 0) is 14.5 Å². The SMILES string of the molecule is CC(C)N(C)S(=O)(=O)OCC(C)(C)C. The first-order chi connectivity index (χ1) is 6.06. The highest BCUT2D eigenvalue weighted by molar-refractivity contribution is 7.84. The molecule has 86 valence electrons. The van der Waals surface area contributed by atoms with Gasteiger partial charge in [-0.3, -0.25) is 4.18 Å². The summed E-state index contributed by atoms with van der Waals surface area (Å²) in [4.78, 5) is 0. The molecule has 0 atom stereocenters. The van der Waals surface area contributed by atoms with Crippen LogP contribution in [0.1, 0.15) is 34.6 Å². The molecule has 0 aliphatic heterocycles. The van der Waals surface area contributed by atoms with E-state index < -0.39 is 10.3 Å². The smallest absolute Gasteiger partial charge is 0.257 e. The van der Waals surface area contributed by atoms with Gasteiger partial charge in [-0.2, -0.15) is 12.7 Å². The van der Waals surface area contributed by atoms with E-state index in [-0.39, 0.29) is 18.1 Å². The van der Waals surface area contributed by atoms with Gasteiger partial charge in [0.2, 0.25) is 0 Å². The van der Waals surface area contributed by atoms with Gasteiger partial charge >= 0.3 is 10.3 Å². The fourth-order valence-corrected chi connectivity index (χ4v) is 1.78. The summed E-state index contributed by atoms with van der Waals surface area (Å²) in [5.74, 6) is 0. The summed E-state index contributed by atoms with van der Waals surface area (Å²) in [6, 6.07) is -0.0834. The van der Waals surface area contributed by atoms with E-state index in [1.54, 1.807) is 13.8 Å². The molecular formula is C9H21NO3S. The molecule has 14 heavy (non-hydrogen) atoms. The summed E-state index contributed by atoms with van der Waals surface area (Å²) < 4.78 is 29.2. The molecule has 0 fully saturated rings. The van der Waals surface area contributed by atoms with Gasteiger partial charge in [0.25, 0.3) is 0 Å². The Morgan fingerprint density at radius 1 is 1.29 bits per heavy atom. The average Bonchev–Trinajstić information content (AvgIpc) is 1.98. The Hall–Kier alpha value is -0.130. The molecule has 0 aliphatic rings. The third-order valence-corrected chi connectivity index (χ3v) is 3.26. The molecular weight excluding hydrogens is 202 g/mol. The highest BCUT2D eigenvalue weighted by Gasteiger charge is 2.24. The third kappa shape index (κ3) is 4.93. The monoisotopic (exact) mass is 223 g/mol. The van der Waals surface area contributed by atoms with E-state index in [0.29, 0.717) is 0 Å². The number of rotatable bonds is 4. The van der Waals surface area contributed by atoms with Crippen LogP contribution in [0.3, 0.4) is 0 Å². The van der Waals surface area contributed by atoms with E-state index in [1.165, 1.54) is 11.4 Å². The van der Waals surface area contributed by atoms with Crippen molar-refractivity contribution in [2.75, 3.05) is 13.7 Å². The fraction of sp³-hybridized carbons (Fsp3) is 1.00. The van der Waals surface area contributed by atoms with Crippen molar-refractivity contribution in [3.05, 3.63) is 0 Å². The number of hydrogen-bond donors (Lipinski definition) is 0. The van der Waals surface area contributed by atoms with Crippen LogP contribution in [0.15, 0.2) is 0 Å². The minimum atomic E-state index is -3.56. The van der Waals surface area contributed by atoms with Gasteiger partial charge in [0.15, 0.2) is 0 Å². The quantitative estimate of drug-likeness (QED) is 0.728. The van der Waals surface area contributed by atoms with E-state index in [9.17, 15) is 8.42 Å². The molecule has 4 nitrogen and oxygen atoms in total. The molecule has 0 unspecified atom stereocenters. The molecule has 0 saturated heterocycles. The predicted molar refractivity (Wildman–Crippen MR) is 57.2 cm³/mol. The summed E-state index contributed by atoms with van der Waals surface area (Å²) in [6.45, 7) is 9.59. The van der Waals surface area contributed by atoms with E-state index in [1.807, 2.05) is 20.8 Å². The van der Waals surface area contributed by atoms with Crippen molar-refractivity contribution >= 4 is 10.3 Å². The van der Waals surface area contributed by atoms with Crippen LogP contribution in [0.5, 0.6) is 0 Å². The van der Waals surface area contributed by atoms with Gasteiger partial charge in [-0.25, -0.2) is 0 Å². The lowest BCUT2D eigenvalue weighted by atomic mass is 9.99. The molecule has 0 rings (SSSR count). The summed E-state index contributed by atoms with van der Waals surface area (Å²) in [5, 5.41) is 0. The zero-order valence-electron chi connectivity index (χ0n) is 9.86. The fourth-order valence-electron chi connectivity index (χ4n) is 0.593. The van der Waals surface area contributed by atoms with Gasteiger partial charge in [0, 0.05) is 13.1 Å². The van der Waals surface area contributed by atoms with E-state index in [4.69, 9.17) is 4.18 Å². The van der Waals surface area contributed by atoms with Gasteiger partial charge in [-0.1, -0.05) is 20.8 Å². The summed E-state index contributed by atoms with van der Waals surface area (Å²) in [5.41, 5.74) is -0.148. The Morgan fingerprint density at radius 3 is 2.00 bits per heavy atom. The minimum Gasteiger partial charge on any atom is -0.257 e. The van der Waals surface area contributed by atoms with Crippen molar-refractivity contribution in [2.45, 2.75) is 40.7 Å². The van der Waals surface area contributed by atoms with Crippen LogP contribution in [0, 0.1) is 5.41 Å². The first kappa shape index (κ1) is 13.9. The maximum absolute atomic E-state index is 11.5. The molecule has 5 heteroatoms. The molecule has 0 saturated carbocycles. The molecule has 0 radical (unpaired) electrons. The van der Waals surface area contributed by atoms with Crippen molar-refractivity contribution in [3.8, 4) is 0 Å². The molecule has 0 aliphatic carbocycles. The van der Waals surface area contributed by atoms with Crippen LogP contribution < -0.4 is 0 Å². The van der Waals surface area contributed by atoms with Gasteiger partial charge < -0.3 is 0 Å². The standard InChI is InChI=1S/C9H21NO3S/c1-8(2)10(6)14(11,12)13-7-9(3,4)5/h8H,7H2,1-6H3. The molecule has 0 N–H and O–H groups in total. The van der Waals surface area contributed by atoms with E-state index in [0.717, 1.165) is 0 Å². The first-order valence-electron chi connectivity index (χ1n) is 4.68. The van der Waals surface area contributed by atoms with Crippen LogP contribution in [-0.4, -0.2) is 32.4 Å². The predicted octanol–water partition coefficient (Wildman–Crippen LogP) is 1.63. The molecule has 0 aromatic carbocycles. The summed E-state index contributed by atoms with van der Waals surface area (Å²) >= 11 is 0. The average molecular weight is 223 g/mol. The van der Waals surface area contributed by atoms with Gasteiger partial charge in [0.05, 0.1) is 6.61 Å². The Balaban J connectivity index is 4.37. The van der Waals surface area contributed by atoms with Crippen molar-refractivity contribution < 1.29 is 12.6 Å². The molecule has 0 spiro atoms. The lowest BCUT2D eigenvalue weighted by Gasteiger charge is -2.23. The number of nitrogens with zero attached hydrogens (tertiary/aromatic N) is 1. The molecule has 0 aromatic rings. The van der Waals surface area contributed by atoms with Crippen LogP contribution >= 0.6 is 0 Å². The molecule has 0 aromatic heterocycles. The number of hydrogen-bond acceptors (Lipinski definition) is 3. The van der Waals surface area contributed by atoms with Crippen LogP contribution in [0.25, 0.3) is 0 Å². The van der Waals surface area contributed by atoms with Gasteiger partial charge in [-0.15, -0.1) is 0 Å². The van der Waals surface area contributed by atoms with Crippen LogP contribution in [0.2, 0.25) is 0 Å². The second-order valence-corrected chi connectivity index (χ2v) is 6.56. The third-order valence-electron chi connectivity index (χ3n) is 1.72. The van der Waals surface area contributed by atoms with Crippen LogP contribution in [0.4, 0.5) is 0 Å². The molecule has 0 heterocycles. The van der Waals surface area contributed by atoms with Crippen molar-refractivity contribution in [2.24, 2.45) is 5.41 Å². The molecule has 0 amide bonds. The highest BCUT2D eigenvalue weighted by Crippen LogP contribution is 2.16. The summed E-state index contributed by atoms with van der Waals surface area (Å²) in [6.07, 6.45) is 0. The second kappa shape index (κ2) is 4.59. The zero-order chi connectivity index (χ0) is 11.6. The Labute approximate surface area is 87.5 Å². The van der Waals surface area contributed by atoms with Crippen molar-refractivity contribution in [3.63, 3.8) is 0 Å². The minimum absolute atomic E-state index is 0.0834. The lowest BCUT2D eigenvalue weighted by molar-refractivity contribution is 0.183. The van der Waals surface area contributed by atoms with Crippen molar-refractivity contribution in [1.29, 1.82) is 0 Å². The largest absolute Gasteiger partial charge is 0.338 e. The highest BCUT2D eigenvalue weighted by atomic mass is 32.2. The maximum Gasteiger partial charge on any atom is 0.338 e. The molecule has 0 bridgehead atoms. The lowest BCUT2D eigenvalue weighted by Crippen LogP contribution is -2.36. The summed E-state index contributed by atoms with van der Waals surface area (Å²) in [7, 11) is -2.04. The zero-order valence-corrected chi connectivity index (χ0v) is 10.7. The normalized spacial score (nSPS) is 14.0. The van der Waals surface area contributed by atoms with E-state index >= 15 is 0 Å². The Bertz CT molecular complexity index is 264. The van der Waals surface area contributed by atoms with Gasteiger partial charge in [-0.05, 0) is 19.3 Å². The Morgan fingerprint density at radius 2 is 1.71 bits per heavy atom. The first-order valence-corrected chi connectivity index (χ1v) is 6.05. The topological polar surface area (TPSA) is 46.6 Å². The second-order valence-electron chi connectivity index (χ2n) is 4.89. The van der Waals surface area contributed by atoms with E-state index in [2.05, 4.69) is 0 Å². The Kier molecular flexibility index (Phi) is 4.55. The van der Waals surface area contributed by atoms with Gasteiger partial charge in [0.1, 0.15) is 0 Å².